The summed E-state index contributed by atoms with van der Waals surface area (Å²) in [7, 11) is 0. The first-order valence-corrected chi connectivity index (χ1v) is 19.3. The molecule has 6 aromatic carbocycles. The average molecular weight is 727 g/mol. The summed E-state index contributed by atoms with van der Waals surface area (Å²) in [4.78, 5) is 19.7. The maximum Gasteiger partial charge on any atom is 0.164 e. The number of para-hydroxylation sites is 1. The highest BCUT2D eigenvalue weighted by Crippen LogP contribution is 2.39. The Morgan fingerprint density at radius 2 is 1.14 bits per heavy atom. The van der Waals surface area contributed by atoms with Crippen LogP contribution in [-0.4, -0.2) is 19.9 Å². The van der Waals surface area contributed by atoms with E-state index in [1.165, 1.54) is 38.9 Å². The van der Waals surface area contributed by atoms with Crippen LogP contribution in [0.1, 0.15) is 43.0 Å². The summed E-state index contributed by atoms with van der Waals surface area (Å²) < 4.78 is 6.24. The minimum Gasteiger partial charge on any atom is -0.456 e. The third kappa shape index (κ3) is 6.77. The van der Waals surface area contributed by atoms with E-state index in [0.717, 1.165) is 57.0 Å². The van der Waals surface area contributed by atoms with E-state index < -0.39 is 0 Å². The van der Waals surface area contributed by atoms with Crippen LogP contribution in [0.2, 0.25) is 0 Å². The number of nitrogens with zero attached hydrogens (tertiary/aromatic N) is 4. The van der Waals surface area contributed by atoms with Gasteiger partial charge in [0.1, 0.15) is 11.2 Å². The first-order valence-electron chi connectivity index (χ1n) is 19.3. The molecule has 0 unspecified atom stereocenters. The van der Waals surface area contributed by atoms with Crippen molar-refractivity contribution < 1.29 is 4.42 Å². The van der Waals surface area contributed by atoms with Gasteiger partial charge < -0.3 is 4.42 Å². The zero-order chi connectivity index (χ0) is 38.2. The van der Waals surface area contributed by atoms with Crippen molar-refractivity contribution in [3.05, 3.63) is 180 Å². The summed E-state index contributed by atoms with van der Waals surface area (Å²) in [6, 6.07) is 50.9. The number of hydrogen-bond donors (Lipinski definition) is 0. The molecule has 0 atom stereocenters. The van der Waals surface area contributed by atoms with Gasteiger partial charge in [-0.1, -0.05) is 142 Å². The highest BCUT2D eigenvalue weighted by Gasteiger charge is 2.19. The molecule has 272 valence electrons. The van der Waals surface area contributed by atoms with E-state index in [9.17, 15) is 0 Å². The monoisotopic (exact) mass is 726 g/mol. The molecule has 0 bridgehead atoms. The van der Waals surface area contributed by atoms with Crippen LogP contribution in [0.4, 0.5) is 0 Å². The van der Waals surface area contributed by atoms with Gasteiger partial charge in [0.25, 0.3) is 0 Å². The molecule has 0 amide bonds. The topological polar surface area (TPSA) is 64.7 Å². The van der Waals surface area contributed by atoms with Crippen molar-refractivity contribution in [2.75, 3.05) is 0 Å². The van der Waals surface area contributed by atoms with E-state index in [2.05, 4.69) is 130 Å². The smallest absolute Gasteiger partial charge is 0.164 e. The van der Waals surface area contributed by atoms with Gasteiger partial charge in [-0.25, -0.2) is 15.0 Å². The lowest BCUT2D eigenvalue weighted by atomic mass is 9.86. The molecule has 3 aromatic heterocycles. The molecule has 0 aliphatic rings. The molecule has 0 fully saturated rings. The molecule has 56 heavy (non-hydrogen) atoms. The lowest BCUT2D eigenvalue weighted by Crippen LogP contribution is -2.10. The fourth-order valence-corrected chi connectivity index (χ4v) is 7.67. The lowest BCUT2D eigenvalue weighted by Gasteiger charge is -2.19. The van der Waals surface area contributed by atoms with Gasteiger partial charge in [-0.2, -0.15) is 0 Å². The molecule has 9 rings (SSSR count). The Kier molecular flexibility index (Phi) is 9.06. The maximum atomic E-state index is 6.24. The molecule has 0 spiro atoms. The van der Waals surface area contributed by atoms with Crippen molar-refractivity contribution in [2.45, 2.75) is 46.0 Å². The van der Waals surface area contributed by atoms with Crippen LogP contribution in [-0.2, 0) is 18.3 Å². The molecule has 0 saturated heterocycles. The fraction of sp³-hybridized carbons (Fsp3) is 0.137. The van der Waals surface area contributed by atoms with Gasteiger partial charge in [0.05, 0.1) is 0 Å². The van der Waals surface area contributed by atoms with Gasteiger partial charge in [0.15, 0.2) is 17.5 Å². The van der Waals surface area contributed by atoms with E-state index >= 15 is 0 Å². The van der Waals surface area contributed by atoms with Crippen molar-refractivity contribution in [3.63, 3.8) is 0 Å². The first-order chi connectivity index (χ1) is 27.3. The summed E-state index contributed by atoms with van der Waals surface area (Å²) in [6.45, 7) is 8.87. The van der Waals surface area contributed by atoms with Crippen molar-refractivity contribution in [1.82, 2.24) is 19.9 Å². The molecule has 0 aliphatic carbocycles. The Hall–Kier alpha value is -6.72. The molecule has 9 aromatic rings. The standard InChI is InChI=1S/C51H42N4O/c1-33-21-22-37(41-18-12-20-46-47(41)43-17-10-11-19-45(43)56-46)31-44(33)40-16-9-8-13-34(40)23-24-38-32-52-30-29-42(38)50-54-48(35-14-6-5-7-15-35)53-49(55-50)36-25-27-39(28-26-36)51(2,3)4/h5-22,25-32H,23-24H2,1-4H3. The second kappa shape index (κ2) is 14.5. The third-order valence-corrected chi connectivity index (χ3v) is 10.7. The van der Waals surface area contributed by atoms with Crippen molar-refractivity contribution in [1.29, 1.82) is 0 Å². The van der Waals surface area contributed by atoms with Gasteiger partial charge in [0.2, 0.25) is 0 Å². The summed E-state index contributed by atoms with van der Waals surface area (Å²) in [5.41, 5.74) is 14.4. The number of pyridine rings is 1. The van der Waals surface area contributed by atoms with Crippen LogP contribution in [0.15, 0.2) is 162 Å². The Morgan fingerprint density at radius 3 is 1.95 bits per heavy atom. The summed E-state index contributed by atoms with van der Waals surface area (Å²) in [6.07, 6.45) is 5.37. The normalized spacial score (nSPS) is 11.7. The zero-order valence-corrected chi connectivity index (χ0v) is 32.1. The Morgan fingerprint density at radius 1 is 0.500 bits per heavy atom. The third-order valence-electron chi connectivity index (χ3n) is 10.7. The van der Waals surface area contributed by atoms with Crippen LogP contribution in [0.25, 0.3) is 78.4 Å². The maximum absolute atomic E-state index is 6.24. The molecule has 0 N–H and O–H groups in total. The van der Waals surface area contributed by atoms with E-state index in [1.54, 1.807) is 0 Å². The number of aromatic nitrogens is 4. The quantitative estimate of drug-likeness (QED) is 0.156. The van der Waals surface area contributed by atoms with E-state index in [1.807, 2.05) is 60.9 Å². The van der Waals surface area contributed by atoms with Gasteiger partial charge in [-0.3, -0.25) is 4.98 Å². The van der Waals surface area contributed by atoms with Gasteiger partial charge >= 0.3 is 0 Å². The predicted molar refractivity (Wildman–Crippen MR) is 229 cm³/mol. The van der Waals surface area contributed by atoms with Crippen molar-refractivity contribution >= 4 is 21.9 Å². The minimum absolute atomic E-state index is 0.0499. The van der Waals surface area contributed by atoms with E-state index in [0.29, 0.717) is 17.5 Å². The molecule has 3 heterocycles. The van der Waals surface area contributed by atoms with Crippen LogP contribution in [0.3, 0.4) is 0 Å². The highest BCUT2D eigenvalue weighted by atomic mass is 16.3. The Labute approximate surface area is 327 Å². The molecular formula is C51H42N4O. The van der Waals surface area contributed by atoms with E-state index in [4.69, 9.17) is 19.4 Å². The molecule has 0 saturated carbocycles. The number of aryl methyl sites for hydroxylation is 3. The molecule has 0 aliphatic heterocycles. The Balaban J connectivity index is 1.07. The first kappa shape index (κ1) is 35.0. The number of furan rings is 1. The summed E-state index contributed by atoms with van der Waals surface area (Å²) in [5, 5.41) is 2.28. The molecule has 5 heteroatoms. The second-order valence-corrected chi connectivity index (χ2v) is 15.5. The van der Waals surface area contributed by atoms with Gasteiger partial charge in [-0.15, -0.1) is 0 Å². The van der Waals surface area contributed by atoms with Crippen LogP contribution < -0.4 is 0 Å². The molecular weight excluding hydrogens is 685 g/mol. The average Bonchev–Trinajstić information content (AvgIpc) is 3.62. The predicted octanol–water partition coefficient (Wildman–Crippen LogP) is 12.9. The Bertz CT molecular complexity index is 2850. The van der Waals surface area contributed by atoms with Crippen molar-refractivity contribution in [3.8, 4) is 56.4 Å². The number of fused-ring (bicyclic) bond motifs is 3. The SMILES string of the molecule is Cc1ccc(-c2cccc3oc4ccccc4c23)cc1-c1ccccc1CCc1cnccc1-c1nc(-c2ccccc2)nc(-c2ccc(C(C)(C)C)cc2)n1. The van der Waals surface area contributed by atoms with Crippen LogP contribution in [0, 0.1) is 6.92 Å². The van der Waals surface area contributed by atoms with Gasteiger partial charge in [-0.05, 0) is 94.0 Å². The number of benzene rings is 6. The fourth-order valence-electron chi connectivity index (χ4n) is 7.67. The van der Waals surface area contributed by atoms with E-state index in [-0.39, 0.29) is 5.41 Å². The summed E-state index contributed by atoms with van der Waals surface area (Å²) in [5.74, 6) is 1.94. The van der Waals surface area contributed by atoms with Crippen molar-refractivity contribution in [2.24, 2.45) is 0 Å². The lowest BCUT2D eigenvalue weighted by molar-refractivity contribution is 0.590. The zero-order valence-electron chi connectivity index (χ0n) is 32.1. The number of hydrogen-bond acceptors (Lipinski definition) is 5. The molecule has 0 radical (unpaired) electrons. The largest absolute Gasteiger partial charge is 0.456 e. The minimum atomic E-state index is 0.0499. The van der Waals surface area contributed by atoms with Gasteiger partial charge in [0, 0.05) is 39.9 Å². The van der Waals surface area contributed by atoms with Crippen LogP contribution >= 0.6 is 0 Å². The molecule has 5 nitrogen and oxygen atoms in total. The summed E-state index contributed by atoms with van der Waals surface area (Å²) >= 11 is 0. The highest BCUT2D eigenvalue weighted by molar-refractivity contribution is 6.12. The van der Waals surface area contributed by atoms with Crippen LogP contribution in [0.5, 0.6) is 0 Å². The number of rotatable bonds is 8. The second-order valence-electron chi connectivity index (χ2n) is 15.5.